The van der Waals surface area contributed by atoms with E-state index >= 15 is 0 Å². The van der Waals surface area contributed by atoms with Crippen LogP contribution in [0.15, 0.2) is 18.5 Å². The summed E-state index contributed by atoms with van der Waals surface area (Å²) >= 11 is 0. The molecule has 0 aliphatic heterocycles. The fraction of sp³-hybridized carbons (Fsp3) is 0.333. The number of rotatable bonds is 2. The highest BCUT2D eigenvalue weighted by molar-refractivity contribution is 5.89. The molecule has 64 valence electrons. The van der Waals surface area contributed by atoms with Crippen molar-refractivity contribution in [3.63, 3.8) is 0 Å². The number of ether oxygens (including phenoxy) is 1. The van der Waals surface area contributed by atoms with Crippen LogP contribution in [-0.4, -0.2) is 17.6 Å². The van der Waals surface area contributed by atoms with E-state index in [4.69, 9.17) is 4.74 Å². The van der Waals surface area contributed by atoms with Crippen LogP contribution in [0.3, 0.4) is 0 Å². The van der Waals surface area contributed by atoms with Crippen LogP contribution in [0.4, 0.5) is 0 Å². The van der Waals surface area contributed by atoms with Crippen LogP contribution in [0.25, 0.3) is 0 Å². The van der Waals surface area contributed by atoms with Gasteiger partial charge in [0.15, 0.2) is 0 Å². The van der Waals surface area contributed by atoms with Gasteiger partial charge in [0.1, 0.15) is 0 Å². The molecule has 0 aromatic carbocycles. The van der Waals surface area contributed by atoms with E-state index in [0.29, 0.717) is 12.2 Å². The SMILES string of the molecule is CCOC(=O)c1cncc(C)c1. The number of hydrogen-bond donors (Lipinski definition) is 0. The Morgan fingerprint density at radius 1 is 1.58 bits per heavy atom. The molecule has 0 atom stereocenters. The van der Waals surface area contributed by atoms with Crippen LogP contribution in [0, 0.1) is 6.92 Å². The van der Waals surface area contributed by atoms with Gasteiger partial charge in [-0.05, 0) is 25.5 Å². The lowest BCUT2D eigenvalue weighted by Crippen LogP contribution is -2.04. The van der Waals surface area contributed by atoms with E-state index in [1.807, 2.05) is 6.92 Å². The zero-order chi connectivity index (χ0) is 8.97. The van der Waals surface area contributed by atoms with Gasteiger partial charge in [0.05, 0.1) is 12.2 Å². The quantitative estimate of drug-likeness (QED) is 0.624. The normalized spacial score (nSPS) is 9.50. The van der Waals surface area contributed by atoms with Crippen LogP contribution in [-0.2, 0) is 4.74 Å². The molecule has 1 aromatic heterocycles. The second kappa shape index (κ2) is 3.85. The number of hydrogen-bond acceptors (Lipinski definition) is 3. The summed E-state index contributed by atoms with van der Waals surface area (Å²) in [5.74, 6) is -0.311. The lowest BCUT2D eigenvalue weighted by Gasteiger charge is -2.00. The number of aryl methyl sites for hydroxylation is 1. The molecule has 0 aliphatic carbocycles. The van der Waals surface area contributed by atoms with E-state index in [2.05, 4.69) is 4.98 Å². The number of pyridine rings is 1. The van der Waals surface area contributed by atoms with Crippen molar-refractivity contribution in [1.29, 1.82) is 0 Å². The van der Waals surface area contributed by atoms with E-state index < -0.39 is 0 Å². The van der Waals surface area contributed by atoms with Crippen molar-refractivity contribution in [2.24, 2.45) is 0 Å². The van der Waals surface area contributed by atoms with E-state index in [1.54, 1.807) is 19.2 Å². The molecule has 0 amide bonds. The summed E-state index contributed by atoms with van der Waals surface area (Å²) in [6, 6.07) is 1.75. The van der Waals surface area contributed by atoms with Crippen molar-refractivity contribution in [3.8, 4) is 0 Å². The monoisotopic (exact) mass is 165 g/mol. The molecule has 0 spiro atoms. The number of aromatic nitrogens is 1. The van der Waals surface area contributed by atoms with Crippen molar-refractivity contribution >= 4 is 5.97 Å². The Balaban J connectivity index is 2.81. The molecule has 12 heavy (non-hydrogen) atoms. The Morgan fingerprint density at radius 3 is 2.92 bits per heavy atom. The molecule has 3 nitrogen and oxygen atoms in total. The maximum atomic E-state index is 11.1. The Kier molecular flexibility index (Phi) is 2.80. The van der Waals surface area contributed by atoms with Crippen molar-refractivity contribution in [2.45, 2.75) is 13.8 Å². The number of carbonyl (C=O) groups excluding carboxylic acids is 1. The molecule has 1 rings (SSSR count). The summed E-state index contributed by atoms with van der Waals surface area (Å²) in [6.07, 6.45) is 3.20. The second-order valence-electron chi connectivity index (χ2n) is 2.47. The maximum Gasteiger partial charge on any atom is 0.339 e. The smallest absolute Gasteiger partial charge is 0.339 e. The molecule has 0 saturated carbocycles. The third-order valence-electron chi connectivity index (χ3n) is 1.39. The molecule has 0 aliphatic rings. The summed E-state index contributed by atoms with van der Waals surface area (Å²) in [5.41, 5.74) is 1.47. The molecule has 0 radical (unpaired) electrons. The van der Waals surface area contributed by atoms with Crippen molar-refractivity contribution < 1.29 is 9.53 Å². The summed E-state index contributed by atoms with van der Waals surface area (Å²) in [7, 11) is 0. The molecule has 1 aromatic rings. The van der Waals surface area contributed by atoms with Gasteiger partial charge in [-0.3, -0.25) is 4.98 Å². The lowest BCUT2D eigenvalue weighted by atomic mass is 10.2. The van der Waals surface area contributed by atoms with Crippen LogP contribution < -0.4 is 0 Å². The Labute approximate surface area is 71.4 Å². The van der Waals surface area contributed by atoms with E-state index in [0.717, 1.165) is 5.56 Å². The second-order valence-corrected chi connectivity index (χ2v) is 2.47. The minimum atomic E-state index is -0.311. The summed E-state index contributed by atoms with van der Waals surface area (Å²) in [4.78, 5) is 15.0. The Morgan fingerprint density at radius 2 is 2.33 bits per heavy atom. The Hall–Kier alpha value is -1.38. The van der Waals surface area contributed by atoms with Gasteiger partial charge in [0.2, 0.25) is 0 Å². The van der Waals surface area contributed by atoms with E-state index in [1.165, 1.54) is 6.20 Å². The van der Waals surface area contributed by atoms with Gasteiger partial charge in [-0.15, -0.1) is 0 Å². The topological polar surface area (TPSA) is 39.2 Å². The molecule has 0 N–H and O–H groups in total. The molecular formula is C9H11NO2. The largest absolute Gasteiger partial charge is 0.462 e. The zero-order valence-corrected chi connectivity index (χ0v) is 7.20. The first-order valence-electron chi connectivity index (χ1n) is 3.83. The third-order valence-corrected chi connectivity index (χ3v) is 1.39. The van der Waals surface area contributed by atoms with Crippen molar-refractivity contribution in [3.05, 3.63) is 29.6 Å². The molecule has 1 heterocycles. The van der Waals surface area contributed by atoms with Gasteiger partial charge in [-0.1, -0.05) is 0 Å². The highest BCUT2D eigenvalue weighted by Gasteiger charge is 2.05. The Bertz CT molecular complexity index is 284. The predicted octanol–water partition coefficient (Wildman–Crippen LogP) is 1.57. The fourth-order valence-corrected chi connectivity index (χ4v) is 0.881. The minimum absolute atomic E-state index is 0.311. The summed E-state index contributed by atoms with van der Waals surface area (Å²) in [6.45, 7) is 4.06. The van der Waals surface area contributed by atoms with Gasteiger partial charge in [-0.2, -0.15) is 0 Å². The van der Waals surface area contributed by atoms with Crippen LogP contribution >= 0.6 is 0 Å². The maximum absolute atomic E-state index is 11.1. The summed E-state index contributed by atoms with van der Waals surface area (Å²) in [5, 5.41) is 0. The van der Waals surface area contributed by atoms with Gasteiger partial charge in [-0.25, -0.2) is 4.79 Å². The van der Waals surface area contributed by atoms with Crippen LogP contribution in [0.1, 0.15) is 22.8 Å². The van der Waals surface area contributed by atoms with E-state index in [-0.39, 0.29) is 5.97 Å². The molecular weight excluding hydrogens is 154 g/mol. The molecule has 0 unspecified atom stereocenters. The predicted molar refractivity (Wildman–Crippen MR) is 44.9 cm³/mol. The van der Waals surface area contributed by atoms with E-state index in [9.17, 15) is 4.79 Å². The van der Waals surface area contributed by atoms with Crippen molar-refractivity contribution in [2.75, 3.05) is 6.61 Å². The van der Waals surface area contributed by atoms with Crippen molar-refractivity contribution in [1.82, 2.24) is 4.98 Å². The first-order chi connectivity index (χ1) is 5.74. The highest BCUT2D eigenvalue weighted by atomic mass is 16.5. The molecule has 3 heteroatoms. The molecule has 0 fully saturated rings. The first kappa shape index (κ1) is 8.71. The lowest BCUT2D eigenvalue weighted by molar-refractivity contribution is 0.0526. The van der Waals surface area contributed by atoms with Crippen LogP contribution in [0.2, 0.25) is 0 Å². The fourth-order valence-electron chi connectivity index (χ4n) is 0.881. The summed E-state index contributed by atoms with van der Waals surface area (Å²) < 4.78 is 4.80. The average molecular weight is 165 g/mol. The number of esters is 1. The number of carbonyl (C=O) groups is 1. The van der Waals surface area contributed by atoms with Gasteiger partial charge < -0.3 is 4.74 Å². The standard InChI is InChI=1S/C9H11NO2/c1-3-12-9(11)8-4-7(2)5-10-6-8/h4-6H,3H2,1-2H3. The number of nitrogens with zero attached hydrogens (tertiary/aromatic N) is 1. The molecule has 0 saturated heterocycles. The highest BCUT2D eigenvalue weighted by Crippen LogP contribution is 2.02. The van der Waals surface area contributed by atoms with Crippen LogP contribution in [0.5, 0.6) is 0 Å². The van der Waals surface area contributed by atoms with Gasteiger partial charge in [0, 0.05) is 12.4 Å². The van der Waals surface area contributed by atoms with Gasteiger partial charge >= 0.3 is 5.97 Å². The van der Waals surface area contributed by atoms with Gasteiger partial charge in [0.25, 0.3) is 0 Å². The average Bonchev–Trinajstić information content (AvgIpc) is 2.05. The minimum Gasteiger partial charge on any atom is -0.462 e. The first-order valence-corrected chi connectivity index (χ1v) is 3.83. The zero-order valence-electron chi connectivity index (χ0n) is 7.20. The third kappa shape index (κ3) is 2.05. The molecule has 0 bridgehead atoms.